The highest BCUT2D eigenvalue weighted by Crippen LogP contribution is 2.27. The minimum atomic E-state index is -1.55. The van der Waals surface area contributed by atoms with Crippen molar-refractivity contribution in [3.05, 3.63) is 36.0 Å². The maximum absolute atomic E-state index is 13.9. The second-order valence-electron chi connectivity index (χ2n) is 28.2. The first kappa shape index (κ1) is 94.8. The van der Waals surface area contributed by atoms with E-state index in [-0.39, 0.29) is 124 Å². The van der Waals surface area contributed by atoms with Gasteiger partial charge in [0.25, 0.3) is 0 Å². The number of aliphatic hydroxyl groups is 10. The number of aryl methyl sites for hydroxylation is 1. The fraction of sp³-hybridized carbons (Fsp3) is 0.764. The van der Waals surface area contributed by atoms with Gasteiger partial charge in [0.2, 0.25) is 53.2 Å². The highest BCUT2D eigenvalue weighted by atomic mass is 16.7. The number of nitrogens with zero attached hydrogens (tertiary/aromatic N) is 1. The standard InChI is InChI=1S/C72H120N10O29/c1-42(87)77-58-64(97)61(94)51(39-84)108-69(58)105-33-30-102-27-24-74-55(91)21-19-48(67(100)75-25-28-103-31-34-106-70-59(78-43(2)88)65(98)62(95)52(40-85)109-70)81-57(93)22-20-49(68(101)76-26-29-104-32-35-107-71-60(79-44(3)89)66(99)63(96)53(41-86)110-71)80-56(92)18-10-8-7-9-17-54(90)73-23-13-14-45-36-82(50-16-12-11-15-47(45)50)37-46(38-83)111-72(4,5)6/h11-12,15-16,36,46,48-49,51-53,58-66,69-71,83-86,94-99H,7-10,13-14,17-35,37-41H2,1-6H3,(H,73,90)(H,74,91)(H,75,100)(H,76,101)(H,77,87)(H,78,88)(H,79,89)(H,80,92)(H,81,93)/t46-,48?,49?,51?,52?,53?,58?,59?,60?,61?,62?,63?,64?,65?,66?,69?,70?,71?/m0/s1. The van der Waals surface area contributed by atoms with Gasteiger partial charge in [-0.05, 0) is 70.9 Å². The topological polar surface area (TPSA) is 561 Å². The highest BCUT2D eigenvalue weighted by molar-refractivity contribution is 5.90. The Morgan fingerprint density at radius 1 is 0.468 bits per heavy atom. The molecule has 632 valence electrons. The van der Waals surface area contributed by atoms with Gasteiger partial charge in [0, 0.05) is 89.7 Å². The molecule has 1 aromatic carbocycles. The Morgan fingerprint density at radius 3 is 1.27 bits per heavy atom. The van der Waals surface area contributed by atoms with Crippen LogP contribution in [0.15, 0.2) is 30.5 Å². The number of amides is 9. The Labute approximate surface area is 644 Å². The highest BCUT2D eigenvalue weighted by Gasteiger charge is 2.48. The zero-order chi connectivity index (χ0) is 81.6. The maximum Gasteiger partial charge on any atom is 0.242 e. The van der Waals surface area contributed by atoms with Crippen molar-refractivity contribution in [2.75, 3.05) is 112 Å². The molecule has 3 saturated heterocycles. The first-order chi connectivity index (χ1) is 53.0. The van der Waals surface area contributed by atoms with E-state index in [0.29, 0.717) is 51.6 Å². The van der Waals surface area contributed by atoms with Crippen molar-refractivity contribution in [1.29, 1.82) is 0 Å². The second kappa shape index (κ2) is 50.4. The first-order valence-corrected chi connectivity index (χ1v) is 37.8. The predicted molar refractivity (Wildman–Crippen MR) is 390 cm³/mol. The summed E-state index contributed by atoms with van der Waals surface area (Å²) in [4.78, 5) is 117. The molecule has 0 radical (unpaired) electrons. The van der Waals surface area contributed by atoms with Crippen LogP contribution >= 0.6 is 0 Å². The number of aliphatic hydroxyl groups excluding tert-OH is 10. The molecule has 9 amide bonds. The number of aromatic nitrogens is 1. The van der Waals surface area contributed by atoms with Gasteiger partial charge in [-0.25, -0.2) is 0 Å². The molecule has 1 aromatic heterocycles. The predicted octanol–water partition coefficient (Wildman–Crippen LogP) is -5.98. The van der Waals surface area contributed by atoms with Crippen molar-refractivity contribution in [1.82, 2.24) is 52.4 Å². The molecule has 111 heavy (non-hydrogen) atoms. The summed E-state index contributed by atoms with van der Waals surface area (Å²) in [6.07, 6.45) is -12.5. The Bertz CT molecular complexity index is 3150. The van der Waals surface area contributed by atoms with Crippen molar-refractivity contribution >= 4 is 64.1 Å². The van der Waals surface area contributed by atoms with Crippen LogP contribution in [0.4, 0.5) is 0 Å². The molecule has 3 fully saturated rings. The number of carbonyl (C=O) groups excluding carboxylic acids is 9. The van der Waals surface area contributed by atoms with E-state index in [0.717, 1.165) is 16.5 Å². The average molecular weight is 1590 g/mol. The molecule has 4 heterocycles. The quantitative estimate of drug-likeness (QED) is 0.0274. The first-order valence-electron chi connectivity index (χ1n) is 37.8. The molecule has 3 aliphatic heterocycles. The van der Waals surface area contributed by atoms with Crippen LogP contribution in [0.25, 0.3) is 10.9 Å². The minimum absolute atomic E-state index is 0.0215. The number of para-hydroxylation sites is 1. The van der Waals surface area contributed by atoms with Crippen LogP contribution in [-0.4, -0.2) is 337 Å². The summed E-state index contributed by atoms with van der Waals surface area (Å²) in [6.45, 7) is 6.91. The Morgan fingerprint density at radius 2 is 0.856 bits per heavy atom. The smallest absolute Gasteiger partial charge is 0.242 e. The van der Waals surface area contributed by atoms with E-state index in [9.17, 15) is 94.2 Å². The largest absolute Gasteiger partial charge is 0.394 e. The summed E-state index contributed by atoms with van der Waals surface area (Å²) in [5, 5.41) is 126. The molecule has 0 bridgehead atoms. The van der Waals surface area contributed by atoms with Crippen LogP contribution in [0.1, 0.15) is 118 Å². The van der Waals surface area contributed by atoms with Gasteiger partial charge in [-0.2, -0.15) is 0 Å². The van der Waals surface area contributed by atoms with Crippen LogP contribution in [0.5, 0.6) is 0 Å². The van der Waals surface area contributed by atoms with E-state index < -0.39 is 189 Å². The van der Waals surface area contributed by atoms with Gasteiger partial charge in [0.05, 0.1) is 104 Å². The number of hydrogen-bond acceptors (Lipinski definition) is 29. The Balaban J connectivity index is 1.15. The van der Waals surface area contributed by atoms with E-state index in [1.807, 2.05) is 39.0 Å². The lowest BCUT2D eigenvalue weighted by Crippen LogP contribution is -2.64. The number of rotatable bonds is 52. The van der Waals surface area contributed by atoms with E-state index in [1.54, 1.807) is 0 Å². The molecular formula is C72H120N10O29. The van der Waals surface area contributed by atoms with Gasteiger partial charge < -0.3 is 151 Å². The fourth-order valence-electron chi connectivity index (χ4n) is 12.6. The Kier molecular flexibility index (Phi) is 43.1. The normalized spacial score (nSPS) is 24.8. The van der Waals surface area contributed by atoms with E-state index >= 15 is 0 Å². The molecule has 0 spiro atoms. The zero-order valence-corrected chi connectivity index (χ0v) is 64.2. The lowest BCUT2D eigenvalue weighted by molar-refractivity contribution is -0.272. The number of ether oxygens (including phenoxy) is 10. The van der Waals surface area contributed by atoms with Crippen LogP contribution in [0.2, 0.25) is 0 Å². The molecule has 17 unspecified atom stereocenters. The van der Waals surface area contributed by atoms with Crippen molar-refractivity contribution < 1.29 is 142 Å². The van der Waals surface area contributed by atoms with Crippen molar-refractivity contribution in [2.24, 2.45) is 0 Å². The van der Waals surface area contributed by atoms with Gasteiger partial charge in [-0.3, -0.25) is 43.2 Å². The van der Waals surface area contributed by atoms with E-state index in [2.05, 4.69) is 64.7 Å². The van der Waals surface area contributed by atoms with Crippen LogP contribution in [0, 0.1) is 0 Å². The molecule has 3 aliphatic rings. The monoisotopic (exact) mass is 1590 g/mol. The third-order valence-corrected chi connectivity index (χ3v) is 18.1. The summed E-state index contributed by atoms with van der Waals surface area (Å²) in [6, 6.07) is 1.78. The van der Waals surface area contributed by atoms with Crippen molar-refractivity contribution in [2.45, 2.75) is 241 Å². The summed E-state index contributed by atoms with van der Waals surface area (Å²) < 4.78 is 58.6. The fourth-order valence-corrected chi connectivity index (χ4v) is 12.6. The molecule has 18 atom stereocenters. The molecule has 19 N–H and O–H groups in total. The van der Waals surface area contributed by atoms with Crippen LogP contribution < -0.4 is 47.9 Å². The number of unbranched alkanes of at least 4 members (excludes halogenated alkanes) is 3. The Hall–Kier alpha value is -6.81. The second-order valence-corrected chi connectivity index (χ2v) is 28.2. The maximum atomic E-state index is 13.9. The van der Waals surface area contributed by atoms with E-state index in [1.165, 1.54) is 20.8 Å². The van der Waals surface area contributed by atoms with Crippen LogP contribution in [0.3, 0.4) is 0 Å². The summed E-state index contributed by atoms with van der Waals surface area (Å²) in [5.41, 5.74) is 1.70. The summed E-state index contributed by atoms with van der Waals surface area (Å²) in [5.74, 6) is -5.04. The molecule has 39 heteroatoms. The SMILES string of the molecule is CC(=O)NC1C(OCCOCCNC(=O)CCC(NC(=O)CCC(NC(=O)CCCCCCC(=O)NCCCc2cn(C[C@@H](CO)OC(C)(C)C)c3ccccc23)C(=O)NCCOCCOC2OC(CO)C(O)C(O)C2NC(C)=O)C(=O)NCCOCCOC2OC(CO)C(O)C(O)C2NC(C)=O)OC(CO)C(O)C1O. The molecule has 0 aliphatic carbocycles. The number of nitrogens with one attached hydrogen (secondary N) is 9. The van der Waals surface area contributed by atoms with Crippen molar-refractivity contribution in [3.8, 4) is 0 Å². The third-order valence-electron chi connectivity index (χ3n) is 18.1. The number of benzene rings is 1. The molecule has 5 rings (SSSR count). The van der Waals surface area contributed by atoms with E-state index in [4.69, 9.17) is 47.4 Å². The average Bonchev–Trinajstić information content (AvgIpc) is 1.79. The molecule has 0 saturated carbocycles. The number of fused-ring (bicyclic) bond motifs is 1. The summed E-state index contributed by atoms with van der Waals surface area (Å²) >= 11 is 0. The zero-order valence-electron chi connectivity index (χ0n) is 64.2. The van der Waals surface area contributed by atoms with Gasteiger partial charge in [-0.1, -0.05) is 31.0 Å². The van der Waals surface area contributed by atoms with Gasteiger partial charge in [0.15, 0.2) is 18.9 Å². The molecule has 39 nitrogen and oxygen atoms in total. The van der Waals surface area contributed by atoms with Gasteiger partial charge in [0.1, 0.15) is 85.1 Å². The lowest BCUT2D eigenvalue weighted by Gasteiger charge is -2.42. The minimum Gasteiger partial charge on any atom is -0.394 e. The number of carbonyl (C=O) groups is 9. The number of hydrogen-bond donors (Lipinski definition) is 19. The lowest BCUT2D eigenvalue weighted by atomic mass is 9.97. The van der Waals surface area contributed by atoms with Crippen molar-refractivity contribution in [3.63, 3.8) is 0 Å². The third kappa shape index (κ3) is 33.7. The molecular weight excluding hydrogens is 1470 g/mol. The summed E-state index contributed by atoms with van der Waals surface area (Å²) in [7, 11) is 0. The van der Waals surface area contributed by atoms with Gasteiger partial charge >= 0.3 is 0 Å². The van der Waals surface area contributed by atoms with Gasteiger partial charge in [-0.15, -0.1) is 0 Å². The van der Waals surface area contributed by atoms with Crippen LogP contribution in [-0.2, 0) is 103 Å². The molecule has 2 aromatic rings.